The molecule has 21 heavy (non-hydrogen) atoms. The Morgan fingerprint density at radius 1 is 1.19 bits per heavy atom. The van der Waals surface area contributed by atoms with Crippen molar-refractivity contribution in [3.63, 3.8) is 0 Å². The quantitative estimate of drug-likeness (QED) is 0.731. The molecular formula is C13H5BrF4N2O. The molecule has 0 amide bonds. The Balaban J connectivity index is 2.45. The number of alkyl halides is 3. The van der Waals surface area contributed by atoms with Gasteiger partial charge in [0.2, 0.25) is 5.88 Å². The van der Waals surface area contributed by atoms with Gasteiger partial charge in [0, 0.05) is 0 Å². The highest BCUT2D eigenvalue weighted by Gasteiger charge is 2.33. The van der Waals surface area contributed by atoms with Crippen LogP contribution in [-0.4, -0.2) is 4.98 Å². The van der Waals surface area contributed by atoms with Crippen molar-refractivity contribution < 1.29 is 22.3 Å². The minimum atomic E-state index is -4.66. The lowest BCUT2D eigenvalue weighted by Crippen LogP contribution is -2.09. The van der Waals surface area contributed by atoms with Crippen LogP contribution in [0.5, 0.6) is 11.6 Å². The number of hydrogen-bond acceptors (Lipinski definition) is 3. The van der Waals surface area contributed by atoms with Gasteiger partial charge in [0.15, 0.2) is 0 Å². The molecule has 0 spiro atoms. The highest BCUT2D eigenvalue weighted by Crippen LogP contribution is 2.34. The van der Waals surface area contributed by atoms with Crippen molar-refractivity contribution in [1.82, 2.24) is 4.98 Å². The van der Waals surface area contributed by atoms with E-state index in [1.807, 2.05) is 0 Å². The van der Waals surface area contributed by atoms with Gasteiger partial charge in [-0.15, -0.1) is 0 Å². The van der Waals surface area contributed by atoms with E-state index >= 15 is 0 Å². The first-order valence-electron chi connectivity index (χ1n) is 5.42. The average molecular weight is 361 g/mol. The van der Waals surface area contributed by atoms with Gasteiger partial charge in [-0.2, -0.15) is 18.4 Å². The molecule has 0 saturated heterocycles. The first-order valence-corrected chi connectivity index (χ1v) is 6.22. The normalized spacial score (nSPS) is 11.0. The fraction of sp³-hybridized carbons (Fsp3) is 0.0769. The molecule has 0 fully saturated rings. The maximum Gasteiger partial charge on any atom is 0.433 e. The van der Waals surface area contributed by atoms with Crippen LogP contribution in [0.15, 0.2) is 34.8 Å². The predicted molar refractivity (Wildman–Crippen MR) is 68.1 cm³/mol. The van der Waals surface area contributed by atoms with E-state index in [-0.39, 0.29) is 15.8 Å². The molecular weight excluding hydrogens is 356 g/mol. The molecule has 8 heteroatoms. The van der Waals surface area contributed by atoms with E-state index in [1.54, 1.807) is 6.07 Å². The number of benzene rings is 1. The summed E-state index contributed by atoms with van der Waals surface area (Å²) in [5, 5.41) is 8.88. The number of nitrogens with zero attached hydrogens (tertiary/aromatic N) is 2. The number of halogens is 5. The lowest BCUT2D eigenvalue weighted by Gasteiger charge is -2.11. The fourth-order valence-corrected chi connectivity index (χ4v) is 1.86. The molecule has 1 aromatic heterocycles. The predicted octanol–water partition coefficient (Wildman–Crippen LogP) is 4.67. The first-order chi connectivity index (χ1) is 9.81. The summed E-state index contributed by atoms with van der Waals surface area (Å²) in [6.45, 7) is 0. The zero-order chi connectivity index (χ0) is 15.6. The summed E-state index contributed by atoms with van der Waals surface area (Å²) in [5.41, 5.74) is -1.35. The molecule has 3 nitrogen and oxygen atoms in total. The zero-order valence-corrected chi connectivity index (χ0v) is 11.7. The summed E-state index contributed by atoms with van der Waals surface area (Å²) >= 11 is 3.01. The summed E-state index contributed by atoms with van der Waals surface area (Å²) in [5.74, 6) is -1.01. The highest BCUT2D eigenvalue weighted by atomic mass is 79.9. The summed E-state index contributed by atoms with van der Waals surface area (Å²) in [6.07, 6.45) is -4.66. The van der Waals surface area contributed by atoms with Crippen LogP contribution < -0.4 is 4.74 Å². The lowest BCUT2D eigenvalue weighted by atomic mass is 10.2. The van der Waals surface area contributed by atoms with Gasteiger partial charge < -0.3 is 4.74 Å². The second-order valence-corrected chi connectivity index (χ2v) is 4.69. The summed E-state index contributed by atoms with van der Waals surface area (Å²) in [4.78, 5) is 3.29. The summed E-state index contributed by atoms with van der Waals surface area (Å²) in [6, 6.07) is 6.69. The second-order valence-electron chi connectivity index (χ2n) is 3.84. The van der Waals surface area contributed by atoms with Gasteiger partial charge in [0.05, 0.1) is 4.47 Å². The van der Waals surface area contributed by atoms with Crippen molar-refractivity contribution in [2.45, 2.75) is 6.18 Å². The van der Waals surface area contributed by atoms with Crippen molar-refractivity contribution in [1.29, 1.82) is 5.26 Å². The molecule has 2 aromatic rings. The fourth-order valence-electron chi connectivity index (χ4n) is 1.42. The smallest absolute Gasteiger partial charge is 0.433 e. The van der Waals surface area contributed by atoms with Crippen LogP contribution in [0.25, 0.3) is 0 Å². The maximum atomic E-state index is 12.9. The van der Waals surface area contributed by atoms with E-state index in [0.29, 0.717) is 6.07 Å². The number of aromatic nitrogens is 1. The molecule has 0 N–H and O–H groups in total. The molecule has 0 unspecified atom stereocenters. The van der Waals surface area contributed by atoms with Gasteiger partial charge in [-0.05, 0) is 46.3 Å². The van der Waals surface area contributed by atoms with Gasteiger partial charge in [0.25, 0.3) is 0 Å². The molecule has 0 aliphatic rings. The number of pyridine rings is 1. The van der Waals surface area contributed by atoms with E-state index in [4.69, 9.17) is 10.00 Å². The molecule has 0 saturated carbocycles. The van der Waals surface area contributed by atoms with Crippen molar-refractivity contribution in [2.24, 2.45) is 0 Å². The third-order valence-corrected chi connectivity index (χ3v) is 2.99. The van der Waals surface area contributed by atoms with Crippen LogP contribution in [0.3, 0.4) is 0 Å². The molecule has 1 aromatic carbocycles. The molecule has 0 bridgehead atoms. The molecule has 108 valence electrons. The van der Waals surface area contributed by atoms with Crippen molar-refractivity contribution in [2.75, 3.05) is 0 Å². The molecule has 0 aliphatic heterocycles. The molecule has 0 radical (unpaired) electrons. The Hall–Kier alpha value is -2.14. The van der Waals surface area contributed by atoms with Crippen molar-refractivity contribution in [3.05, 3.63) is 51.9 Å². The van der Waals surface area contributed by atoms with E-state index in [2.05, 4.69) is 20.9 Å². The molecule has 0 aliphatic carbocycles. The van der Waals surface area contributed by atoms with Crippen molar-refractivity contribution in [3.8, 4) is 17.7 Å². The maximum absolute atomic E-state index is 12.9. The van der Waals surface area contributed by atoms with E-state index in [1.165, 1.54) is 6.07 Å². The Morgan fingerprint density at radius 2 is 1.90 bits per heavy atom. The van der Waals surface area contributed by atoms with Crippen LogP contribution in [0.1, 0.15) is 11.3 Å². The monoisotopic (exact) mass is 360 g/mol. The topological polar surface area (TPSA) is 45.9 Å². The van der Waals surface area contributed by atoms with Crippen LogP contribution in [0.4, 0.5) is 17.6 Å². The Morgan fingerprint density at radius 3 is 2.48 bits per heavy atom. The minimum Gasteiger partial charge on any atom is -0.436 e. The SMILES string of the molecule is N#Cc1ccc(C(F)(F)F)nc1Oc1ccc(F)cc1Br. The molecule has 0 atom stereocenters. The molecule has 2 rings (SSSR count). The Kier molecular flexibility index (Phi) is 4.14. The number of nitriles is 1. The van der Waals surface area contributed by atoms with Gasteiger partial charge in [-0.3, -0.25) is 0 Å². The zero-order valence-electron chi connectivity index (χ0n) is 10.1. The summed E-state index contributed by atoms with van der Waals surface area (Å²) in [7, 11) is 0. The van der Waals surface area contributed by atoms with Gasteiger partial charge >= 0.3 is 6.18 Å². The van der Waals surface area contributed by atoms with Gasteiger partial charge in [0.1, 0.15) is 28.9 Å². The first kappa shape index (κ1) is 15.3. The number of hydrogen-bond donors (Lipinski definition) is 0. The van der Waals surface area contributed by atoms with E-state index < -0.39 is 23.6 Å². The largest absolute Gasteiger partial charge is 0.436 e. The van der Waals surface area contributed by atoms with Crippen LogP contribution in [0.2, 0.25) is 0 Å². The van der Waals surface area contributed by atoms with Gasteiger partial charge in [-0.1, -0.05) is 0 Å². The minimum absolute atomic E-state index is 0.0414. The highest BCUT2D eigenvalue weighted by molar-refractivity contribution is 9.10. The number of ether oxygens (including phenoxy) is 1. The number of rotatable bonds is 2. The van der Waals surface area contributed by atoms with Crippen LogP contribution in [0, 0.1) is 17.1 Å². The Labute approximate surface area is 124 Å². The molecule has 1 heterocycles. The average Bonchev–Trinajstić information content (AvgIpc) is 2.41. The Bertz CT molecular complexity index is 725. The van der Waals surface area contributed by atoms with Crippen LogP contribution in [-0.2, 0) is 6.18 Å². The third-order valence-electron chi connectivity index (χ3n) is 2.37. The standard InChI is InChI=1S/C13H5BrF4N2O/c14-9-5-8(15)2-3-10(9)21-12-7(6-19)1-4-11(20-12)13(16,17)18/h1-5H. The third kappa shape index (κ3) is 3.49. The second kappa shape index (κ2) is 5.69. The summed E-state index contributed by atoms with van der Waals surface area (Å²) < 4.78 is 56.2. The van der Waals surface area contributed by atoms with Gasteiger partial charge in [-0.25, -0.2) is 9.37 Å². The van der Waals surface area contributed by atoms with E-state index in [0.717, 1.165) is 18.2 Å². The van der Waals surface area contributed by atoms with E-state index in [9.17, 15) is 17.6 Å². The van der Waals surface area contributed by atoms with Crippen LogP contribution >= 0.6 is 15.9 Å². The van der Waals surface area contributed by atoms with Crippen molar-refractivity contribution >= 4 is 15.9 Å². The lowest BCUT2D eigenvalue weighted by molar-refractivity contribution is -0.141.